The summed E-state index contributed by atoms with van der Waals surface area (Å²) in [6.45, 7) is 2.92. The molecule has 0 aromatic heterocycles. The molecule has 1 atom stereocenters. The Kier molecular flexibility index (Phi) is 5.46. The van der Waals surface area contributed by atoms with Crippen molar-refractivity contribution < 1.29 is 4.74 Å². The van der Waals surface area contributed by atoms with Crippen molar-refractivity contribution in [3.63, 3.8) is 0 Å². The Bertz CT molecular complexity index is 231. The van der Waals surface area contributed by atoms with E-state index in [4.69, 9.17) is 16.3 Å². The van der Waals surface area contributed by atoms with Crippen molar-refractivity contribution in [1.29, 1.82) is 0 Å². The predicted octanol–water partition coefficient (Wildman–Crippen LogP) is 3.72. The van der Waals surface area contributed by atoms with Gasteiger partial charge in [-0.05, 0) is 24.5 Å². The van der Waals surface area contributed by atoms with Crippen LogP contribution in [-0.2, 0) is 0 Å². The first-order valence-corrected chi connectivity index (χ1v) is 5.64. The van der Waals surface area contributed by atoms with Gasteiger partial charge < -0.3 is 4.74 Å². The number of benzene rings is 1. The van der Waals surface area contributed by atoms with Crippen molar-refractivity contribution in [2.45, 2.75) is 19.8 Å². The van der Waals surface area contributed by atoms with E-state index < -0.39 is 0 Å². The fraction of sp³-hybridized carbons (Fsp3) is 0.500. The van der Waals surface area contributed by atoms with Gasteiger partial charge in [0.2, 0.25) is 0 Å². The summed E-state index contributed by atoms with van der Waals surface area (Å²) in [5, 5.41) is 0. The van der Waals surface area contributed by atoms with Crippen LogP contribution >= 0.6 is 11.6 Å². The smallest absolute Gasteiger partial charge is 0.119 e. The van der Waals surface area contributed by atoms with E-state index in [-0.39, 0.29) is 0 Å². The fourth-order valence-electron chi connectivity index (χ4n) is 1.25. The fourth-order valence-corrected chi connectivity index (χ4v) is 1.62. The van der Waals surface area contributed by atoms with Crippen molar-refractivity contribution in [1.82, 2.24) is 0 Å². The zero-order chi connectivity index (χ0) is 10.2. The highest BCUT2D eigenvalue weighted by Gasteiger charge is 2.04. The topological polar surface area (TPSA) is 9.23 Å². The lowest BCUT2D eigenvalue weighted by molar-refractivity contribution is 0.283. The van der Waals surface area contributed by atoms with Crippen molar-refractivity contribution in [3.8, 4) is 5.75 Å². The maximum Gasteiger partial charge on any atom is 0.119 e. The largest absolute Gasteiger partial charge is 0.494 e. The maximum atomic E-state index is 5.79. The van der Waals surface area contributed by atoms with Crippen LogP contribution in [0.2, 0.25) is 0 Å². The average molecular weight is 213 g/mol. The van der Waals surface area contributed by atoms with Crippen LogP contribution in [0.25, 0.3) is 0 Å². The van der Waals surface area contributed by atoms with Crippen LogP contribution in [0.4, 0.5) is 0 Å². The molecule has 0 amide bonds. The van der Waals surface area contributed by atoms with Gasteiger partial charge in [-0.15, -0.1) is 11.6 Å². The first-order chi connectivity index (χ1) is 6.86. The number of ether oxygens (including phenoxy) is 1. The minimum Gasteiger partial charge on any atom is -0.494 e. The molecule has 1 unspecified atom stereocenters. The van der Waals surface area contributed by atoms with Gasteiger partial charge in [0.15, 0.2) is 0 Å². The van der Waals surface area contributed by atoms with Gasteiger partial charge in [0.05, 0.1) is 6.61 Å². The molecule has 1 aromatic carbocycles. The Morgan fingerprint density at radius 2 is 2.00 bits per heavy atom. The zero-order valence-electron chi connectivity index (χ0n) is 8.58. The van der Waals surface area contributed by atoms with Crippen molar-refractivity contribution >= 4 is 11.6 Å². The summed E-state index contributed by atoms with van der Waals surface area (Å²) in [5.74, 6) is 2.26. The lowest BCUT2D eigenvalue weighted by Gasteiger charge is -2.11. The zero-order valence-corrected chi connectivity index (χ0v) is 9.33. The highest BCUT2D eigenvalue weighted by atomic mass is 35.5. The highest BCUT2D eigenvalue weighted by Crippen LogP contribution is 2.13. The average Bonchev–Trinajstić information content (AvgIpc) is 2.26. The molecule has 1 aromatic rings. The van der Waals surface area contributed by atoms with Crippen LogP contribution in [0.3, 0.4) is 0 Å². The molecule has 1 nitrogen and oxygen atoms in total. The Morgan fingerprint density at radius 3 is 2.57 bits per heavy atom. The van der Waals surface area contributed by atoms with E-state index >= 15 is 0 Å². The summed E-state index contributed by atoms with van der Waals surface area (Å²) in [6, 6.07) is 9.89. The summed E-state index contributed by atoms with van der Waals surface area (Å²) in [7, 11) is 0. The van der Waals surface area contributed by atoms with E-state index in [0.717, 1.165) is 31.1 Å². The molecule has 0 radical (unpaired) electrons. The van der Waals surface area contributed by atoms with Crippen LogP contribution in [0.5, 0.6) is 5.75 Å². The standard InChI is InChI=1S/C12H17ClO/c1-2-11(10-13)8-9-14-12-6-4-3-5-7-12/h3-7,11H,2,8-10H2,1H3. The minimum atomic E-state index is 0.584. The molecule has 0 bridgehead atoms. The van der Waals surface area contributed by atoms with E-state index in [1.54, 1.807) is 0 Å². The molecule has 0 aliphatic heterocycles. The van der Waals surface area contributed by atoms with E-state index in [0.29, 0.717) is 5.92 Å². The van der Waals surface area contributed by atoms with E-state index in [1.165, 1.54) is 0 Å². The Labute approximate surface area is 91.0 Å². The van der Waals surface area contributed by atoms with Gasteiger partial charge in [0.25, 0.3) is 0 Å². The van der Waals surface area contributed by atoms with E-state index in [1.807, 2.05) is 30.3 Å². The SMILES string of the molecule is CCC(CCl)CCOc1ccccc1. The molecule has 14 heavy (non-hydrogen) atoms. The summed E-state index contributed by atoms with van der Waals surface area (Å²) >= 11 is 5.79. The molecule has 0 aliphatic carbocycles. The molecule has 0 saturated carbocycles. The van der Waals surface area contributed by atoms with Gasteiger partial charge in [0, 0.05) is 5.88 Å². The molecule has 1 rings (SSSR count). The quantitative estimate of drug-likeness (QED) is 0.653. The monoisotopic (exact) mass is 212 g/mol. The third-order valence-corrected chi connectivity index (χ3v) is 2.77. The predicted molar refractivity (Wildman–Crippen MR) is 61.1 cm³/mol. The van der Waals surface area contributed by atoms with E-state index in [9.17, 15) is 0 Å². The van der Waals surface area contributed by atoms with Gasteiger partial charge >= 0.3 is 0 Å². The number of para-hydroxylation sites is 1. The number of hydrogen-bond donors (Lipinski definition) is 0. The summed E-state index contributed by atoms with van der Waals surface area (Å²) in [5.41, 5.74) is 0. The molecule has 0 heterocycles. The third-order valence-electron chi connectivity index (χ3n) is 2.33. The molecular weight excluding hydrogens is 196 g/mol. The van der Waals surface area contributed by atoms with Crippen LogP contribution in [0.1, 0.15) is 19.8 Å². The molecule has 0 aliphatic rings. The molecular formula is C12H17ClO. The van der Waals surface area contributed by atoms with Gasteiger partial charge in [-0.3, -0.25) is 0 Å². The first kappa shape index (κ1) is 11.4. The number of hydrogen-bond acceptors (Lipinski definition) is 1. The van der Waals surface area contributed by atoms with Crippen molar-refractivity contribution in [2.24, 2.45) is 5.92 Å². The number of halogens is 1. The van der Waals surface area contributed by atoms with Gasteiger partial charge in [-0.25, -0.2) is 0 Å². The van der Waals surface area contributed by atoms with E-state index in [2.05, 4.69) is 6.92 Å². The summed E-state index contributed by atoms with van der Waals surface area (Å²) in [6.07, 6.45) is 2.16. The van der Waals surface area contributed by atoms with Gasteiger partial charge in [-0.2, -0.15) is 0 Å². The molecule has 0 fully saturated rings. The Hall–Kier alpha value is -0.690. The normalized spacial score (nSPS) is 12.4. The number of alkyl halides is 1. The minimum absolute atomic E-state index is 0.584. The van der Waals surface area contributed by atoms with Crippen LogP contribution in [0, 0.1) is 5.92 Å². The molecule has 0 saturated heterocycles. The lowest BCUT2D eigenvalue weighted by atomic mass is 10.1. The van der Waals surface area contributed by atoms with Crippen molar-refractivity contribution in [2.75, 3.05) is 12.5 Å². The molecule has 0 N–H and O–H groups in total. The second kappa shape index (κ2) is 6.72. The molecule has 0 spiro atoms. The van der Waals surface area contributed by atoms with Crippen LogP contribution in [0.15, 0.2) is 30.3 Å². The van der Waals surface area contributed by atoms with Gasteiger partial charge in [-0.1, -0.05) is 31.5 Å². The lowest BCUT2D eigenvalue weighted by Crippen LogP contribution is -2.07. The summed E-state index contributed by atoms with van der Waals surface area (Å²) < 4.78 is 5.58. The Morgan fingerprint density at radius 1 is 1.29 bits per heavy atom. The third kappa shape index (κ3) is 4.01. The maximum absolute atomic E-state index is 5.79. The van der Waals surface area contributed by atoms with Crippen LogP contribution in [-0.4, -0.2) is 12.5 Å². The molecule has 2 heteroatoms. The van der Waals surface area contributed by atoms with Crippen molar-refractivity contribution in [3.05, 3.63) is 30.3 Å². The van der Waals surface area contributed by atoms with Crippen LogP contribution < -0.4 is 4.74 Å². The Balaban J connectivity index is 2.21. The highest BCUT2D eigenvalue weighted by molar-refractivity contribution is 6.18. The second-order valence-electron chi connectivity index (χ2n) is 3.38. The molecule has 78 valence electrons. The van der Waals surface area contributed by atoms with Gasteiger partial charge in [0.1, 0.15) is 5.75 Å². The second-order valence-corrected chi connectivity index (χ2v) is 3.69. The number of rotatable bonds is 6. The summed E-state index contributed by atoms with van der Waals surface area (Å²) in [4.78, 5) is 0. The first-order valence-electron chi connectivity index (χ1n) is 5.10.